The van der Waals surface area contributed by atoms with Crippen LogP contribution in [-0.4, -0.2) is 18.1 Å². The highest BCUT2D eigenvalue weighted by molar-refractivity contribution is 6.30. The van der Waals surface area contributed by atoms with Crippen LogP contribution in [0.3, 0.4) is 0 Å². The van der Waals surface area contributed by atoms with Crippen molar-refractivity contribution < 1.29 is 9.13 Å². The molecule has 0 radical (unpaired) electrons. The van der Waals surface area contributed by atoms with Gasteiger partial charge in [0.25, 0.3) is 0 Å². The largest absolute Gasteiger partial charge is 0.482 e. The van der Waals surface area contributed by atoms with Gasteiger partial charge in [0.1, 0.15) is 6.10 Å². The van der Waals surface area contributed by atoms with Gasteiger partial charge in [-0.3, -0.25) is 4.98 Å². The monoisotopic (exact) mass is 340 g/mol. The van der Waals surface area contributed by atoms with E-state index in [-0.39, 0.29) is 17.8 Å². The molecule has 0 aliphatic carbocycles. The number of aromatic nitrogens is 1. The molecule has 0 saturated carbocycles. The number of hydrogen-bond acceptors (Lipinski definition) is 3. The van der Waals surface area contributed by atoms with E-state index in [0.717, 1.165) is 25.1 Å². The Morgan fingerprint density at radius 3 is 2.77 bits per heavy atom. The first kappa shape index (κ1) is 15.5. The zero-order valence-electron chi connectivity index (χ0n) is 11.7. The van der Waals surface area contributed by atoms with E-state index in [1.807, 2.05) is 6.07 Å². The fourth-order valence-electron chi connectivity index (χ4n) is 2.66. The van der Waals surface area contributed by atoms with Gasteiger partial charge in [0.05, 0.1) is 5.02 Å². The summed E-state index contributed by atoms with van der Waals surface area (Å²) in [6.07, 6.45) is 3.92. The van der Waals surface area contributed by atoms with E-state index in [1.165, 1.54) is 6.07 Å². The molecule has 1 N–H and O–H groups in total. The predicted octanol–water partition coefficient (Wildman–Crippen LogP) is 4.26. The molecule has 1 aromatic heterocycles. The molecule has 0 bridgehead atoms. The second-order valence-corrected chi connectivity index (χ2v) is 6.18. The van der Waals surface area contributed by atoms with Crippen LogP contribution in [0.1, 0.15) is 18.1 Å². The number of halogens is 3. The summed E-state index contributed by atoms with van der Waals surface area (Å²) in [5.41, 5.74) is 0.843. The Labute approximate surface area is 138 Å². The van der Waals surface area contributed by atoms with E-state index in [9.17, 15) is 4.39 Å². The van der Waals surface area contributed by atoms with Crippen molar-refractivity contribution in [3.63, 3.8) is 0 Å². The van der Waals surface area contributed by atoms with Crippen molar-refractivity contribution in [3.05, 3.63) is 58.1 Å². The van der Waals surface area contributed by atoms with Gasteiger partial charge in [-0.05, 0) is 37.2 Å². The molecule has 3 rings (SSSR count). The maximum absolute atomic E-state index is 14.0. The van der Waals surface area contributed by atoms with Crippen LogP contribution in [0.15, 0.2) is 36.7 Å². The molecule has 2 heterocycles. The Hall–Kier alpha value is -1.36. The molecule has 0 unspecified atom stereocenters. The first-order valence-electron chi connectivity index (χ1n) is 7.06. The minimum absolute atomic E-state index is 0.182. The van der Waals surface area contributed by atoms with Crippen molar-refractivity contribution in [2.45, 2.75) is 12.5 Å². The molecule has 22 heavy (non-hydrogen) atoms. The van der Waals surface area contributed by atoms with E-state index in [4.69, 9.17) is 27.9 Å². The van der Waals surface area contributed by atoms with Gasteiger partial charge in [-0.1, -0.05) is 23.2 Å². The SMILES string of the molecule is Fc1cc(Cl)ccc1O[C@@H](c1cncc(Cl)c1)[C@H]1CCNC1. The standard InChI is InChI=1S/C16H15Cl2FN2O/c17-12-1-2-15(14(19)6-12)22-16(10-3-4-20-7-10)11-5-13(18)9-21-8-11/h1-2,5-6,8-10,16,20H,3-4,7H2/t10-,16+/m0/s1. The molecule has 2 atom stereocenters. The topological polar surface area (TPSA) is 34.1 Å². The average Bonchev–Trinajstić information content (AvgIpc) is 3.00. The molecule has 1 aliphatic heterocycles. The smallest absolute Gasteiger partial charge is 0.166 e. The fourth-order valence-corrected chi connectivity index (χ4v) is 3.00. The normalized spacial score (nSPS) is 19.1. The Bertz CT molecular complexity index is 662. The number of nitrogens with zero attached hydrogens (tertiary/aromatic N) is 1. The summed E-state index contributed by atoms with van der Waals surface area (Å²) < 4.78 is 20.0. The lowest BCUT2D eigenvalue weighted by Crippen LogP contribution is -2.22. The van der Waals surface area contributed by atoms with Gasteiger partial charge in [0.2, 0.25) is 0 Å². The van der Waals surface area contributed by atoms with E-state index in [1.54, 1.807) is 24.5 Å². The van der Waals surface area contributed by atoms with Crippen LogP contribution < -0.4 is 10.1 Å². The molecule has 6 heteroatoms. The van der Waals surface area contributed by atoms with E-state index >= 15 is 0 Å². The molecule has 1 fully saturated rings. The van der Waals surface area contributed by atoms with Crippen LogP contribution >= 0.6 is 23.2 Å². The van der Waals surface area contributed by atoms with Crippen LogP contribution in [0, 0.1) is 11.7 Å². The maximum Gasteiger partial charge on any atom is 0.166 e. The molecule has 1 aromatic carbocycles. The van der Waals surface area contributed by atoms with Gasteiger partial charge in [0, 0.05) is 35.4 Å². The molecule has 116 valence electrons. The number of ether oxygens (including phenoxy) is 1. The Kier molecular flexibility index (Phi) is 4.81. The summed E-state index contributed by atoms with van der Waals surface area (Å²) >= 11 is 11.8. The van der Waals surface area contributed by atoms with Gasteiger partial charge < -0.3 is 10.1 Å². The van der Waals surface area contributed by atoms with Crippen LogP contribution in [-0.2, 0) is 0 Å². The molecular weight excluding hydrogens is 326 g/mol. The summed E-state index contributed by atoms with van der Waals surface area (Å²) in [5, 5.41) is 4.18. The van der Waals surface area contributed by atoms with Gasteiger partial charge >= 0.3 is 0 Å². The number of benzene rings is 1. The van der Waals surface area contributed by atoms with Gasteiger partial charge in [-0.15, -0.1) is 0 Å². The van der Waals surface area contributed by atoms with Crippen molar-refractivity contribution in [2.75, 3.05) is 13.1 Å². The summed E-state index contributed by atoms with van der Waals surface area (Å²) in [5.74, 6) is -0.0601. The molecule has 3 nitrogen and oxygen atoms in total. The lowest BCUT2D eigenvalue weighted by atomic mass is 9.96. The molecular formula is C16H15Cl2FN2O. The number of hydrogen-bond donors (Lipinski definition) is 1. The summed E-state index contributed by atoms with van der Waals surface area (Å²) in [6.45, 7) is 1.73. The first-order valence-corrected chi connectivity index (χ1v) is 7.82. The lowest BCUT2D eigenvalue weighted by Gasteiger charge is -2.25. The third-order valence-corrected chi connectivity index (χ3v) is 4.17. The van der Waals surface area contributed by atoms with Crippen LogP contribution in [0.4, 0.5) is 4.39 Å². The minimum atomic E-state index is -0.474. The Morgan fingerprint density at radius 2 is 2.09 bits per heavy atom. The van der Waals surface area contributed by atoms with Gasteiger partial charge in [-0.2, -0.15) is 0 Å². The highest BCUT2D eigenvalue weighted by atomic mass is 35.5. The first-order chi connectivity index (χ1) is 10.6. The Morgan fingerprint density at radius 1 is 1.23 bits per heavy atom. The van der Waals surface area contributed by atoms with Crippen molar-refractivity contribution in [1.82, 2.24) is 10.3 Å². The summed E-state index contributed by atoms with van der Waals surface area (Å²) in [4.78, 5) is 4.11. The van der Waals surface area contributed by atoms with Crippen LogP contribution in [0.2, 0.25) is 10.0 Å². The van der Waals surface area contributed by atoms with Gasteiger partial charge in [-0.25, -0.2) is 4.39 Å². The highest BCUT2D eigenvalue weighted by Gasteiger charge is 2.29. The summed E-state index contributed by atoms with van der Waals surface area (Å²) in [7, 11) is 0. The maximum atomic E-state index is 14.0. The second-order valence-electron chi connectivity index (χ2n) is 5.30. The Balaban J connectivity index is 1.91. The lowest BCUT2D eigenvalue weighted by molar-refractivity contribution is 0.138. The van der Waals surface area contributed by atoms with Crippen molar-refractivity contribution >= 4 is 23.2 Å². The molecule has 0 spiro atoms. The molecule has 0 amide bonds. The van der Waals surface area contributed by atoms with Crippen molar-refractivity contribution in [3.8, 4) is 5.75 Å². The zero-order valence-corrected chi connectivity index (χ0v) is 13.2. The van der Waals surface area contributed by atoms with Crippen molar-refractivity contribution in [2.24, 2.45) is 5.92 Å². The third-order valence-electron chi connectivity index (χ3n) is 3.73. The van der Waals surface area contributed by atoms with Crippen molar-refractivity contribution in [1.29, 1.82) is 0 Å². The second kappa shape index (κ2) is 6.82. The quantitative estimate of drug-likeness (QED) is 0.902. The van der Waals surface area contributed by atoms with Crippen LogP contribution in [0.25, 0.3) is 0 Å². The van der Waals surface area contributed by atoms with E-state index < -0.39 is 5.82 Å². The third kappa shape index (κ3) is 3.51. The fraction of sp³-hybridized carbons (Fsp3) is 0.312. The summed E-state index contributed by atoms with van der Waals surface area (Å²) in [6, 6.07) is 6.22. The number of rotatable bonds is 4. The predicted molar refractivity (Wildman–Crippen MR) is 85.0 cm³/mol. The van der Waals surface area contributed by atoms with Crippen LogP contribution in [0.5, 0.6) is 5.75 Å². The number of nitrogens with one attached hydrogen (secondary N) is 1. The van der Waals surface area contributed by atoms with E-state index in [2.05, 4.69) is 10.3 Å². The zero-order chi connectivity index (χ0) is 15.5. The minimum Gasteiger partial charge on any atom is -0.482 e. The highest BCUT2D eigenvalue weighted by Crippen LogP contribution is 2.34. The number of pyridine rings is 1. The van der Waals surface area contributed by atoms with E-state index in [0.29, 0.717) is 10.0 Å². The molecule has 1 aliphatic rings. The molecule has 2 aromatic rings. The van der Waals surface area contributed by atoms with Gasteiger partial charge in [0.15, 0.2) is 11.6 Å². The average molecular weight is 341 g/mol. The molecule has 1 saturated heterocycles.